The molecule has 0 radical (unpaired) electrons. The number of ether oxygens (including phenoxy) is 1. The Morgan fingerprint density at radius 2 is 2.22 bits per heavy atom. The lowest BCUT2D eigenvalue weighted by Gasteiger charge is -2.03. The van der Waals surface area contributed by atoms with Crippen molar-refractivity contribution in [3.05, 3.63) is 47.1 Å². The van der Waals surface area contributed by atoms with Crippen molar-refractivity contribution >= 4 is 11.0 Å². The van der Waals surface area contributed by atoms with E-state index in [0.29, 0.717) is 22.6 Å². The Morgan fingerprint density at radius 3 is 2.94 bits per heavy atom. The lowest BCUT2D eigenvalue weighted by Crippen LogP contribution is -2.04. The Hall–Kier alpha value is -2.63. The molecule has 0 aliphatic carbocycles. The van der Waals surface area contributed by atoms with Crippen molar-refractivity contribution in [3.8, 4) is 11.6 Å². The molecule has 2 heterocycles. The zero-order valence-electron chi connectivity index (χ0n) is 9.53. The first kappa shape index (κ1) is 10.5. The van der Waals surface area contributed by atoms with E-state index in [-0.39, 0.29) is 5.43 Å². The second-order valence-electron chi connectivity index (χ2n) is 3.65. The van der Waals surface area contributed by atoms with Crippen molar-refractivity contribution in [2.45, 2.75) is 0 Å². The third-order valence-electron chi connectivity index (χ3n) is 2.57. The minimum absolute atomic E-state index is 0.135. The molecular weight excluding hydrogens is 234 g/mol. The highest BCUT2D eigenvalue weighted by Gasteiger charge is 2.07. The summed E-state index contributed by atoms with van der Waals surface area (Å²) in [7, 11) is 1.56. The number of fused-ring (bicyclic) bond motifs is 1. The molecular formula is C12H9N3O3. The normalized spacial score (nSPS) is 10.7. The summed E-state index contributed by atoms with van der Waals surface area (Å²) in [5.41, 5.74) is 0.316. The van der Waals surface area contributed by atoms with Gasteiger partial charge in [0.1, 0.15) is 24.0 Å². The molecule has 0 saturated carbocycles. The lowest BCUT2D eigenvalue weighted by atomic mass is 10.2. The van der Waals surface area contributed by atoms with Crippen LogP contribution in [0.25, 0.3) is 16.9 Å². The first-order valence-corrected chi connectivity index (χ1v) is 5.25. The molecule has 90 valence electrons. The Balaban J connectivity index is 2.28. The molecule has 18 heavy (non-hydrogen) atoms. The Bertz CT molecular complexity index is 747. The van der Waals surface area contributed by atoms with Crippen LogP contribution in [0, 0.1) is 0 Å². The van der Waals surface area contributed by atoms with Crippen LogP contribution in [0.1, 0.15) is 0 Å². The van der Waals surface area contributed by atoms with E-state index in [1.807, 2.05) is 0 Å². The van der Waals surface area contributed by atoms with Crippen LogP contribution < -0.4 is 10.2 Å². The van der Waals surface area contributed by atoms with Gasteiger partial charge in [-0.05, 0) is 12.1 Å². The molecule has 1 aromatic carbocycles. The number of rotatable bonds is 2. The van der Waals surface area contributed by atoms with Gasteiger partial charge in [0.25, 0.3) is 0 Å². The van der Waals surface area contributed by atoms with Crippen LogP contribution in [0.2, 0.25) is 0 Å². The van der Waals surface area contributed by atoms with Crippen molar-refractivity contribution in [1.82, 2.24) is 14.8 Å². The van der Waals surface area contributed by atoms with Gasteiger partial charge in [0, 0.05) is 12.1 Å². The molecule has 0 spiro atoms. The fourth-order valence-electron chi connectivity index (χ4n) is 1.68. The molecule has 0 saturated heterocycles. The number of hydrogen-bond donors (Lipinski definition) is 0. The van der Waals surface area contributed by atoms with E-state index in [2.05, 4.69) is 10.1 Å². The van der Waals surface area contributed by atoms with Crippen molar-refractivity contribution in [3.63, 3.8) is 0 Å². The topological polar surface area (TPSA) is 70.2 Å². The molecule has 0 aliphatic heterocycles. The van der Waals surface area contributed by atoms with E-state index in [1.165, 1.54) is 23.4 Å². The fraction of sp³-hybridized carbons (Fsp3) is 0.0833. The Morgan fingerprint density at radius 1 is 1.33 bits per heavy atom. The van der Waals surface area contributed by atoms with E-state index in [0.717, 1.165) is 0 Å². The predicted molar refractivity (Wildman–Crippen MR) is 64.0 cm³/mol. The van der Waals surface area contributed by atoms with E-state index >= 15 is 0 Å². The third kappa shape index (κ3) is 1.64. The van der Waals surface area contributed by atoms with Crippen LogP contribution in [0.5, 0.6) is 5.75 Å². The van der Waals surface area contributed by atoms with Crippen LogP contribution >= 0.6 is 0 Å². The molecule has 0 unspecified atom stereocenters. The average molecular weight is 243 g/mol. The minimum Gasteiger partial charge on any atom is -0.497 e. The quantitative estimate of drug-likeness (QED) is 0.680. The van der Waals surface area contributed by atoms with Gasteiger partial charge in [0.15, 0.2) is 5.43 Å². The van der Waals surface area contributed by atoms with Crippen molar-refractivity contribution in [2.75, 3.05) is 7.11 Å². The fourth-order valence-corrected chi connectivity index (χ4v) is 1.68. The zero-order valence-corrected chi connectivity index (χ0v) is 9.53. The minimum atomic E-state index is -0.135. The predicted octanol–water partition coefficient (Wildman–Crippen LogP) is 1.38. The summed E-state index contributed by atoms with van der Waals surface area (Å²) in [6, 6.07) is 6.43. The van der Waals surface area contributed by atoms with Crippen LogP contribution in [0.15, 0.2) is 46.1 Å². The zero-order chi connectivity index (χ0) is 12.5. The molecule has 0 aliphatic rings. The van der Waals surface area contributed by atoms with E-state index < -0.39 is 0 Å². The van der Waals surface area contributed by atoms with Crippen LogP contribution in [-0.4, -0.2) is 21.9 Å². The first-order chi connectivity index (χ1) is 8.78. The van der Waals surface area contributed by atoms with Gasteiger partial charge in [-0.2, -0.15) is 9.78 Å². The molecule has 0 bridgehead atoms. The summed E-state index contributed by atoms with van der Waals surface area (Å²) in [5.74, 6) is 0.944. The Kier molecular flexibility index (Phi) is 2.33. The third-order valence-corrected chi connectivity index (χ3v) is 2.57. The summed E-state index contributed by atoms with van der Waals surface area (Å²) in [6.07, 6.45) is 2.83. The maximum Gasteiger partial charge on any atom is 0.225 e. The molecule has 0 atom stereocenters. The first-order valence-electron chi connectivity index (χ1n) is 5.25. The molecule has 2 aromatic heterocycles. The molecule has 0 fully saturated rings. The van der Waals surface area contributed by atoms with Crippen molar-refractivity contribution in [1.29, 1.82) is 0 Å². The number of hydrogen-bond acceptors (Lipinski definition) is 5. The Labute approximate surface area is 101 Å². The van der Waals surface area contributed by atoms with Crippen LogP contribution in [0.4, 0.5) is 0 Å². The van der Waals surface area contributed by atoms with Gasteiger partial charge in [-0.15, -0.1) is 0 Å². The second kappa shape index (κ2) is 3.99. The van der Waals surface area contributed by atoms with E-state index in [9.17, 15) is 4.79 Å². The van der Waals surface area contributed by atoms with Crippen LogP contribution in [0.3, 0.4) is 0 Å². The van der Waals surface area contributed by atoms with Gasteiger partial charge >= 0.3 is 0 Å². The van der Waals surface area contributed by atoms with Crippen molar-refractivity contribution < 1.29 is 9.15 Å². The summed E-state index contributed by atoms with van der Waals surface area (Å²) in [5, 5.41) is 4.42. The van der Waals surface area contributed by atoms with Gasteiger partial charge in [-0.25, -0.2) is 4.98 Å². The van der Waals surface area contributed by atoms with E-state index in [4.69, 9.17) is 9.15 Å². The number of aromatic nitrogens is 3. The van der Waals surface area contributed by atoms with Gasteiger partial charge in [0.2, 0.25) is 5.88 Å². The highest BCUT2D eigenvalue weighted by Crippen LogP contribution is 2.20. The molecule has 6 heteroatoms. The van der Waals surface area contributed by atoms with Gasteiger partial charge in [-0.3, -0.25) is 4.79 Å². The monoisotopic (exact) mass is 243 g/mol. The van der Waals surface area contributed by atoms with Gasteiger partial charge < -0.3 is 9.15 Å². The van der Waals surface area contributed by atoms with E-state index in [1.54, 1.807) is 25.3 Å². The molecule has 3 aromatic rings. The second-order valence-corrected chi connectivity index (χ2v) is 3.65. The van der Waals surface area contributed by atoms with Crippen molar-refractivity contribution in [2.24, 2.45) is 0 Å². The molecule has 0 amide bonds. The highest BCUT2D eigenvalue weighted by atomic mass is 16.5. The maximum atomic E-state index is 11.9. The van der Waals surface area contributed by atoms with Gasteiger partial charge in [0.05, 0.1) is 12.5 Å². The molecule has 0 N–H and O–H groups in total. The number of benzene rings is 1. The maximum absolute atomic E-state index is 11.9. The highest BCUT2D eigenvalue weighted by molar-refractivity contribution is 5.78. The summed E-state index contributed by atoms with van der Waals surface area (Å²) >= 11 is 0. The van der Waals surface area contributed by atoms with Crippen LogP contribution in [-0.2, 0) is 0 Å². The summed E-state index contributed by atoms with van der Waals surface area (Å²) < 4.78 is 12.1. The smallest absolute Gasteiger partial charge is 0.225 e. The summed E-state index contributed by atoms with van der Waals surface area (Å²) in [6.45, 7) is 0. The number of nitrogens with zero attached hydrogens (tertiary/aromatic N) is 3. The average Bonchev–Trinajstić information content (AvgIpc) is 2.91. The largest absolute Gasteiger partial charge is 0.497 e. The standard InChI is InChI=1S/C12H9N3O3/c1-17-8-2-3-9-10(16)5-12(18-11(9)4-8)15-7-13-6-14-15/h2-7H,1H3. The summed E-state index contributed by atoms with van der Waals surface area (Å²) in [4.78, 5) is 15.7. The lowest BCUT2D eigenvalue weighted by molar-refractivity contribution is 0.414. The molecule has 3 rings (SSSR count). The van der Waals surface area contributed by atoms with Gasteiger partial charge in [-0.1, -0.05) is 0 Å². The number of methoxy groups -OCH3 is 1. The SMILES string of the molecule is COc1ccc2c(=O)cc(-n3cncn3)oc2c1. The molecule has 6 nitrogen and oxygen atoms in total.